The van der Waals surface area contributed by atoms with E-state index in [0.29, 0.717) is 22.7 Å². The standard InChI is InChI=1S/C21H14ClN3O4/c1-12-6-7-14(21-24-16-4-2-3-5-19(16)29-21)10-17(12)23-20(26)13-8-9-15(22)18(11-13)25(27)28/h2-11H,1H3,(H,23,26). The lowest BCUT2D eigenvalue weighted by molar-refractivity contribution is -0.384. The van der Waals surface area contributed by atoms with Crippen LogP contribution >= 0.6 is 11.6 Å². The van der Waals surface area contributed by atoms with E-state index >= 15 is 0 Å². The van der Waals surface area contributed by atoms with Crippen LogP contribution in [-0.2, 0) is 0 Å². The van der Waals surface area contributed by atoms with Gasteiger partial charge in [-0.25, -0.2) is 4.98 Å². The molecule has 0 spiro atoms. The third kappa shape index (κ3) is 3.68. The highest BCUT2D eigenvalue weighted by Gasteiger charge is 2.17. The number of nitrogens with one attached hydrogen (secondary N) is 1. The maximum Gasteiger partial charge on any atom is 0.288 e. The molecule has 4 aromatic rings. The van der Waals surface area contributed by atoms with Gasteiger partial charge in [0, 0.05) is 22.9 Å². The highest BCUT2D eigenvalue weighted by atomic mass is 35.5. The van der Waals surface area contributed by atoms with Gasteiger partial charge in [0.15, 0.2) is 5.58 Å². The molecule has 1 aromatic heterocycles. The molecule has 7 nitrogen and oxygen atoms in total. The summed E-state index contributed by atoms with van der Waals surface area (Å²) in [5, 5.41) is 13.8. The van der Waals surface area contributed by atoms with Gasteiger partial charge in [0.25, 0.3) is 11.6 Å². The van der Waals surface area contributed by atoms with Crippen molar-refractivity contribution in [3.63, 3.8) is 0 Å². The molecule has 144 valence electrons. The minimum atomic E-state index is -0.627. The van der Waals surface area contributed by atoms with Crippen LogP contribution in [0.5, 0.6) is 0 Å². The number of benzene rings is 3. The third-order valence-corrected chi connectivity index (χ3v) is 4.75. The van der Waals surface area contributed by atoms with E-state index in [4.69, 9.17) is 16.0 Å². The van der Waals surface area contributed by atoms with Crippen LogP contribution in [0.3, 0.4) is 0 Å². The molecule has 0 radical (unpaired) electrons. The molecule has 0 aliphatic carbocycles. The van der Waals surface area contributed by atoms with Crippen LogP contribution in [0, 0.1) is 17.0 Å². The molecule has 1 N–H and O–H groups in total. The molecule has 0 aliphatic rings. The van der Waals surface area contributed by atoms with E-state index in [1.54, 1.807) is 6.07 Å². The summed E-state index contributed by atoms with van der Waals surface area (Å²) in [5.74, 6) is -0.0496. The van der Waals surface area contributed by atoms with E-state index in [2.05, 4.69) is 10.3 Å². The number of aryl methyl sites for hydroxylation is 1. The number of rotatable bonds is 4. The minimum Gasteiger partial charge on any atom is -0.436 e. The van der Waals surface area contributed by atoms with E-state index < -0.39 is 10.8 Å². The molecule has 0 aliphatic heterocycles. The molecule has 29 heavy (non-hydrogen) atoms. The van der Waals surface area contributed by atoms with E-state index in [1.165, 1.54) is 12.1 Å². The first kappa shape index (κ1) is 18.6. The molecular formula is C21H14ClN3O4. The average molecular weight is 408 g/mol. The van der Waals surface area contributed by atoms with Crippen molar-refractivity contribution in [2.75, 3.05) is 5.32 Å². The van der Waals surface area contributed by atoms with Crippen molar-refractivity contribution in [2.24, 2.45) is 0 Å². The number of carbonyl (C=O) groups excluding carboxylic acids is 1. The first-order valence-electron chi connectivity index (χ1n) is 8.64. The fourth-order valence-electron chi connectivity index (χ4n) is 2.87. The molecule has 0 atom stereocenters. The number of oxazole rings is 1. The van der Waals surface area contributed by atoms with E-state index in [9.17, 15) is 14.9 Å². The Bertz CT molecular complexity index is 1230. The normalized spacial score (nSPS) is 10.8. The van der Waals surface area contributed by atoms with E-state index in [1.807, 2.05) is 43.3 Å². The van der Waals surface area contributed by atoms with Gasteiger partial charge in [0.1, 0.15) is 10.5 Å². The average Bonchev–Trinajstić information content (AvgIpc) is 3.14. The lowest BCUT2D eigenvalue weighted by Gasteiger charge is -2.10. The Hall–Kier alpha value is -3.71. The Morgan fingerprint density at radius 2 is 1.93 bits per heavy atom. The summed E-state index contributed by atoms with van der Waals surface area (Å²) in [6, 6.07) is 16.8. The van der Waals surface area contributed by atoms with Crippen molar-refractivity contribution < 1.29 is 14.1 Å². The van der Waals surface area contributed by atoms with Crippen molar-refractivity contribution in [1.82, 2.24) is 4.98 Å². The summed E-state index contributed by atoms with van der Waals surface area (Å²) in [6.07, 6.45) is 0. The van der Waals surface area contributed by atoms with Crippen molar-refractivity contribution in [1.29, 1.82) is 0 Å². The Morgan fingerprint density at radius 1 is 1.14 bits per heavy atom. The van der Waals surface area contributed by atoms with Crippen molar-refractivity contribution in [3.8, 4) is 11.5 Å². The first-order chi connectivity index (χ1) is 13.9. The fourth-order valence-corrected chi connectivity index (χ4v) is 3.06. The molecule has 4 rings (SSSR count). The quantitative estimate of drug-likeness (QED) is 0.350. The van der Waals surface area contributed by atoms with Crippen LogP contribution in [0.1, 0.15) is 15.9 Å². The summed E-state index contributed by atoms with van der Waals surface area (Å²) in [6.45, 7) is 1.84. The number of hydrogen-bond donors (Lipinski definition) is 1. The van der Waals surface area contributed by atoms with Gasteiger partial charge in [-0.3, -0.25) is 14.9 Å². The summed E-state index contributed by atoms with van der Waals surface area (Å²) >= 11 is 5.81. The smallest absolute Gasteiger partial charge is 0.288 e. The predicted octanol–water partition coefficient (Wildman–Crippen LogP) is 5.62. The molecule has 8 heteroatoms. The van der Waals surface area contributed by atoms with Crippen LogP contribution < -0.4 is 5.32 Å². The maximum atomic E-state index is 12.6. The minimum absolute atomic E-state index is 0.0271. The van der Waals surface area contributed by atoms with E-state index in [-0.39, 0.29) is 16.3 Å². The summed E-state index contributed by atoms with van der Waals surface area (Å²) in [5.41, 5.74) is 3.28. The number of halogens is 1. The summed E-state index contributed by atoms with van der Waals surface area (Å²) in [7, 11) is 0. The molecule has 3 aromatic carbocycles. The molecule has 0 saturated heterocycles. The van der Waals surface area contributed by atoms with Gasteiger partial charge in [0.05, 0.1) is 4.92 Å². The summed E-state index contributed by atoms with van der Waals surface area (Å²) in [4.78, 5) is 27.5. The zero-order valence-electron chi connectivity index (χ0n) is 15.2. The number of anilines is 1. The highest BCUT2D eigenvalue weighted by Crippen LogP contribution is 2.29. The monoisotopic (exact) mass is 407 g/mol. The van der Waals surface area contributed by atoms with Crippen molar-refractivity contribution >= 4 is 40.0 Å². The molecular weight excluding hydrogens is 394 g/mol. The number of nitro groups is 1. The Morgan fingerprint density at radius 3 is 2.69 bits per heavy atom. The summed E-state index contributed by atoms with van der Waals surface area (Å²) < 4.78 is 5.78. The molecule has 0 bridgehead atoms. The molecule has 0 fully saturated rings. The first-order valence-corrected chi connectivity index (χ1v) is 9.02. The number of aromatic nitrogens is 1. The van der Waals surface area contributed by atoms with Gasteiger partial charge in [-0.15, -0.1) is 0 Å². The fraction of sp³-hybridized carbons (Fsp3) is 0.0476. The number of amides is 1. The second-order valence-corrected chi connectivity index (χ2v) is 6.80. The second-order valence-electron chi connectivity index (χ2n) is 6.39. The van der Waals surface area contributed by atoms with Crippen LogP contribution in [0.25, 0.3) is 22.6 Å². The number of para-hydroxylation sites is 2. The lowest BCUT2D eigenvalue weighted by atomic mass is 10.1. The molecule has 1 heterocycles. The zero-order chi connectivity index (χ0) is 20.5. The van der Waals surface area contributed by atoms with Gasteiger partial charge < -0.3 is 9.73 Å². The predicted molar refractivity (Wildman–Crippen MR) is 110 cm³/mol. The molecule has 1 amide bonds. The maximum absolute atomic E-state index is 12.6. The number of carbonyl (C=O) groups is 1. The van der Waals surface area contributed by atoms with E-state index in [0.717, 1.165) is 17.1 Å². The van der Waals surface area contributed by atoms with Gasteiger partial charge in [-0.1, -0.05) is 29.8 Å². The Labute approximate surface area is 170 Å². The SMILES string of the molecule is Cc1ccc(-c2nc3ccccc3o2)cc1NC(=O)c1ccc(Cl)c([N+](=O)[O-])c1. The van der Waals surface area contributed by atoms with Crippen LogP contribution in [0.2, 0.25) is 5.02 Å². The van der Waals surface area contributed by atoms with Crippen LogP contribution in [0.4, 0.5) is 11.4 Å². The highest BCUT2D eigenvalue weighted by molar-refractivity contribution is 6.32. The zero-order valence-corrected chi connectivity index (χ0v) is 15.9. The van der Waals surface area contributed by atoms with Gasteiger partial charge >= 0.3 is 0 Å². The van der Waals surface area contributed by atoms with Crippen molar-refractivity contribution in [3.05, 3.63) is 86.9 Å². The topological polar surface area (TPSA) is 98.3 Å². The van der Waals surface area contributed by atoms with Gasteiger partial charge in [-0.2, -0.15) is 0 Å². The van der Waals surface area contributed by atoms with Gasteiger partial charge in [-0.05, 0) is 48.9 Å². The Kier molecular flexibility index (Phi) is 4.74. The van der Waals surface area contributed by atoms with Crippen molar-refractivity contribution in [2.45, 2.75) is 6.92 Å². The van der Waals surface area contributed by atoms with Crippen LogP contribution in [-0.4, -0.2) is 15.8 Å². The molecule has 0 unspecified atom stereocenters. The van der Waals surface area contributed by atoms with Crippen LogP contribution in [0.15, 0.2) is 65.1 Å². The Balaban J connectivity index is 1.65. The lowest BCUT2D eigenvalue weighted by Crippen LogP contribution is -2.13. The molecule has 0 saturated carbocycles. The number of nitro benzene ring substituents is 1. The van der Waals surface area contributed by atoms with Gasteiger partial charge in [0.2, 0.25) is 5.89 Å². The largest absolute Gasteiger partial charge is 0.436 e. The second kappa shape index (κ2) is 7.37. The number of fused-ring (bicyclic) bond motifs is 1. The number of nitrogens with zero attached hydrogens (tertiary/aromatic N) is 2. The third-order valence-electron chi connectivity index (χ3n) is 4.43. The number of hydrogen-bond acceptors (Lipinski definition) is 5.